The highest BCUT2D eigenvalue weighted by Crippen LogP contribution is 2.48. The molecule has 1 N–H and O–H groups in total. The monoisotopic (exact) mass is 446 g/mol. The van der Waals surface area contributed by atoms with Gasteiger partial charge in [-0.2, -0.15) is 4.98 Å². The van der Waals surface area contributed by atoms with Crippen LogP contribution in [-0.2, 0) is 20.2 Å². The van der Waals surface area contributed by atoms with E-state index >= 15 is 0 Å². The van der Waals surface area contributed by atoms with E-state index in [1.807, 2.05) is 54.6 Å². The van der Waals surface area contributed by atoms with Crippen LogP contribution in [0.4, 0.5) is 5.88 Å². The van der Waals surface area contributed by atoms with Gasteiger partial charge in [0.05, 0.1) is 13.2 Å². The minimum absolute atomic E-state index is 0.117. The fourth-order valence-corrected chi connectivity index (χ4v) is 4.54. The van der Waals surface area contributed by atoms with Crippen molar-refractivity contribution in [2.45, 2.75) is 20.4 Å². The fourth-order valence-electron chi connectivity index (χ4n) is 2.75. The van der Waals surface area contributed by atoms with E-state index in [2.05, 4.69) is 10.3 Å². The maximum absolute atomic E-state index is 13.3. The normalized spacial score (nSPS) is 11.8. The van der Waals surface area contributed by atoms with Crippen LogP contribution in [0.25, 0.3) is 12.2 Å². The first-order chi connectivity index (χ1) is 14.6. The number of rotatable bonds is 10. The molecule has 0 saturated carbocycles. The van der Waals surface area contributed by atoms with Crippen LogP contribution in [0.15, 0.2) is 59.0 Å². The van der Waals surface area contributed by atoms with Crippen LogP contribution in [0.2, 0.25) is 5.02 Å². The first-order valence-corrected chi connectivity index (χ1v) is 11.6. The summed E-state index contributed by atoms with van der Waals surface area (Å²) in [6.45, 7) is 4.28. The van der Waals surface area contributed by atoms with Gasteiger partial charge < -0.3 is 18.8 Å². The van der Waals surface area contributed by atoms with Crippen molar-refractivity contribution in [1.82, 2.24) is 4.98 Å². The van der Waals surface area contributed by atoms with E-state index in [9.17, 15) is 4.57 Å². The molecule has 1 heterocycles. The zero-order valence-electron chi connectivity index (χ0n) is 16.9. The van der Waals surface area contributed by atoms with Gasteiger partial charge in [-0.25, -0.2) is 0 Å². The Kier molecular flexibility index (Phi) is 7.88. The predicted molar refractivity (Wildman–Crippen MR) is 121 cm³/mol. The number of benzene rings is 2. The van der Waals surface area contributed by atoms with Crippen LogP contribution in [0.3, 0.4) is 0 Å². The fraction of sp³-hybridized carbons (Fsp3) is 0.227. The van der Waals surface area contributed by atoms with E-state index in [0.717, 1.165) is 11.1 Å². The molecule has 8 heteroatoms. The Hall–Kier alpha value is -2.37. The summed E-state index contributed by atoms with van der Waals surface area (Å²) in [6, 6.07) is 17.2. The maximum Gasteiger partial charge on any atom is 0.385 e. The van der Waals surface area contributed by atoms with Crippen LogP contribution < -0.4 is 10.8 Å². The number of nitrogens with one attached hydrogen (secondary N) is 1. The topological polar surface area (TPSA) is 73.6 Å². The predicted octanol–water partition coefficient (Wildman–Crippen LogP) is 6.00. The molecule has 0 aliphatic heterocycles. The van der Waals surface area contributed by atoms with Gasteiger partial charge in [0, 0.05) is 17.6 Å². The molecular weight excluding hydrogens is 423 g/mol. The van der Waals surface area contributed by atoms with Crippen LogP contribution in [0.5, 0.6) is 0 Å². The third-order valence-electron chi connectivity index (χ3n) is 4.10. The van der Waals surface area contributed by atoms with Crippen molar-refractivity contribution in [2.75, 3.05) is 18.5 Å². The number of hydrogen-bond acceptors (Lipinski definition) is 6. The molecule has 0 saturated heterocycles. The van der Waals surface area contributed by atoms with E-state index in [1.54, 1.807) is 26.0 Å². The Balaban J connectivity index is 1.93. The third kappa shape index (κ3) is 5.61. The molecule has 158 valence electrons. The van der Waals surface area contributed by atoms with E-state index < -0.39 is 7.60 Å². The van der Waals surface area contributed by atoms with Crippen molar-refractivity contribution >= 4 is 42.7 Å². The zero-order valence-corrected chi connectivity index (χ0v) is 18.5. The smallest absolute Gasteiger partial charge is 0.385 e. The third-order valence-corrected chi connectivity index (χ3v) is 6.49. The highest BCUT2D eigenvalue weighted by Gasteiger charge is 2.35. The molecule has 1 aromatic heterocycles. The SMILES string of the molecule is CCOP(=O)(OCC)c1nc(/C=C/c2ccccc2)oc1NCc1ccccc1Cl. The number of oxazole rings is 1. The van der Waals surface area contributed by atoms with Crippen LogP contribution in [0, 0.1) is 0 Å². The molecule has 0 atom stereocenters. The van der Waals surface area contributed by atoms with Gasteiger partial charge in [0.1, 0.15) is 0 Å². The Bertz CT molecular complexity index is 1030. The molecule has 3 rings (SSSR count). The Morgan fingerprint density at radius 3 is 2.37 bits per heavy atom. The second kappa shape index (κ2) is 10.6. The number of anilines is 1. The molecule has 0 amide bonds. The zero-order chi connectivity index (χ0) is 21.4. The number of nitrogens with zero attached hydrogens (tertiary/aromatic N) is 1. The Labute approximate surface area is 181 Å². The molecule has 3 aromatic rings. The van der Waals surface area contributed by atoms with Gasteiger partial charge in [0.2, 0.25) is 17.2 Å². The van der Waals surface area contributed by atoms with Gasteiger partial charge in [-0.3, -0.25) is 4.57 Å². The lowest BCUT2D eigenvalue weighted by molar-refractivity contribution is 0.229. The minimum atomic E-state index is -3.65. The summed E-state index contributed by atoms with van der Waals surface area (Å²) in [7, 11) is -3.65. The van der Waals surface area contributed by atoms with Gasteiger partial charge >= 0.3 is 7.60 Å². The van der Waals surface area contributed by atoms with Crippen LogP contribution in [-0.4, -0.2) is 18.2 Å². The molecule has 0 unspecified atom stereocenters. The average molecular weight is 447 g/mol. The molecule has 2 aromatic carbocycles. The lowest BCUT2D eigenvalue weighted by Gasteiger charge is -2.15. The second-order valence-electron chi connectivity index (χ2n) is 6.23. The van der Waals surface area contributed by atoms with Gasteiger partial charge in [-0.1, -0.05) is 60.1 Å². The molecule has 0 aliphatic carbocycles. The molecule has 30 heavy (non-hydrogen) atoms. The van der Waals surface area contributed by atoms with E-state index in [1.165, 1.54) is 0 Å². The molecule has 0 spiro atoms. The van der Waals surface area contributed by atoms with Gasteiger partial charge in [-0.05, 0) is 37.1 Å². The van der Waals surface area contributed by atoms with E-state index in [-0.39, 0.29) is 30.4 Å². The molecule has 0 fully saturated rings. The average Bonchev–Trinajstić information content (AvgIpc) is 3.17. The highest BCUT2D eigenvalue weighted by atomic mass is 35.5. The summed E-state index contributed by atoms with van der Waals surface area (Å²) in [5.74, 6) is 0.517. The summed E-state index contributed by atoms with van der Waals surface area (Å²) in [6.07, 6.45) is 3.57. The first kappa shape index (κ1) is 22.3. The summed E-state index contributed by atoms with van der Waals surface area (Å²) >= 11 is 6.24. The summed E-state index contributed by atoms with van der Waals surface area (Å²) in [5, 5.41) is 3.75. The standard InChI is InChI=1S/C22H24ClN2O4P/c1-3-27-30(26,28-4-2)22-21(24-16-18-12-8-9-13-19(18)23)29-20(25-22)15-14-17-10-6-5-7-11-17/h5-15,24H,3-4,16H2,1-2H3/b15-14+. The number of halogens is 1. The van der Waals surface area contributed by atoms with Crippen LogP contribution >= 0.6 is 19.2 Å². The highest BCUT2D eigenvalue weighted by molar-refractivity contribution is 7.62. The lowest BCUT2D eigenvalue weighted by Crippen LogP contribution is -2.16. The molecule has 0 radical (unpaired) electrons. The second-order valence-corrected chi connectivity index (χ2v) is 8.57. The summed E-state index contributed by atoms with van der Waals surface area (Å²) < 4.78 is 30.1. The molecule has 0 aliphatic rings. The van der Waals surface area contributed by atoms with Crippen molar-refractivity contribution in [3.05, 3.63) is 76.6 Å². The van der Waals surface area contributed by atoms with E-state index in [0.29, 0.717) is 11.6 Å². The largest absolute Gasteiger partial charge is 0.420 e. The van der Waals surface area contributed by atoms with Crippen LogP contribution in [0.1, 0.15) is 30.9 Å². The quantitative estimate of drug-likeness (QED) is 0.385. The Morgan fingerprint density at radius 2 is 1.70 bits per heavy atom. The van der Waals surface area contributed by atoms with Crippen molar-refractivity contribution in [1.29, 1.82) is 0 Å². The minimum Gasteiger partial charge on any atom is -0.420 e. The summed E-state index contributed by atoms with van der Waals surface area (Å²) in [5.41, 5.74) is 1.97. The molecular formula is C22H24ClN2O4P. The van der Waals surface area contributed by atoms with Gasteiger partial charge in [0.25, 0.3) is 0 Å². The van der Waals surface area contributed by atoms with Gasteiger partial charge in [-0.15, -0.1) is 0 Å². The van der Waals surface area contributed by atoms with Gasteiger partial charge in [0.15, 0.2) is 0 Å². The Morgan fingerprint density at radius 1 is 1.03 bits per heavy atom. The molecule has 0 bridgehead atoms. The molecule has 6 nitrogen and oxygen atoms in total. The number of hydrogen-bond donors (Lipinski definition) is 1. The van der Waals surface area contributed by atoms with Crippen molar-refractivity contribution in [3.63, 3.8) is 0 Å². The first-order valence-electron chi connectivity index (χ1n) is 9.66. The lowest BCUT2D eigenvalue weighted by atomic mass is 10.2. The van der Waals surface area contributed by atoms with Crippen molar-refractivity contribution in [3.8, 4) is 0 Å². The number of aromatic nitrogens is 1. The van der Waals surface area contributed by atoms with Crippen molar-refractivity contribution < 1.29 is 18.0 Å². The maximum atomic E-state index is 13.3. The van der Waals surface area contributed by atoms with Crippen molar-refractivity contribution in [2.24, 2.45) is 0 Å². The summed E-state index contributed by atoms with van der Waals surface area (Å²) in [4.78, 5) is 4.41. The van der Waals surface area contributed by atoms with E-state index in [4.69, 9.17) is 25.1 Å².